The smallest absolute Gasteiger partial charge is 0.237 e. The standard InChI is InChI=1S/C12H19N3O3S/c13-11-3-1-4-14-12(11)18-8-2-5-15-6-9-19(16,17)10-7-15/h1,3-4H,2,5-10,13H2. The van der Waals surface area contributed by atoms with Crippen molar-refractivity contribution in [1.29, 1.82) is 0 Å². The first-order chi connectivity index (χ1) is 9.07. The fourth-order valence-electron chi connectivity index (χ4n) is 1.95. The second kappa shape index (κ2) is 6.21. The number of anilines is 1. The summed E-state index contributed by atoms with van der Waals surface area (Å²) >= 11 is 0. The summed E-state index contributed by atoms with van der Waals surface area (Å²) in [6, 6.07) is 3.51. The average molecular weight is 285 g/mol. The lowest BCUT2D eigenvalue weighted by atomic mass is 10.4. The lowest BCUT2D eigenvalue weighted by Crippen LogP contribution is -2.40. The number of rotatable bonds is 5. The first-order valence-electron chi connectivity index (χ1n) is 6.33. The predicted molar refractivity (Wildman–Crippen MR) is 73.9 cm³/mol. The fourth-order valence-corrected chi connectivity index (χ4v) is 3.23. The van der Waals surface area contributed by atoms with Crippen LogP contribution in [0.5, 0.6) is 5.88 Å². The normalized spacial score (nSPS) is 19.2. The molecule has 0 unspecified atom stereocenters. The van der Waals surface area contributed by atoms with Gasteiger partial charge in [-0.15, -0.1) is 0 Å². The molecule has 19 heavy (non-hydrogen) atoms. The Bertz CT molecular complexity index is 505. The van der Waals surface area contributed by atoms with E-state index in [0.717, 1.165) is 13.0 Å². The van der Waals surface area contributed by atoms with Gasteiger partial charge in [0, 0.05) is 25.8 Å². The molecule has 0 aliphatic carbocycles. The molecule has 2 rings (SSSR count). The number of nitrogens with zero attached hydrogens (tertiary/aromatic N) is 2. The zero-order valence-electron chi connectivity index (χ0n) is 10.8. The molecule has 6 nitrogen and oxygen atoms in total. The SMILES string of the molecule is Nc1cccnc1OCCCN1CCS(=O)(=O)CC1. The zero-order chi connectivity index (χ0) is 13.7. The van der Waals surface area contributed by atoms with E-state index in [0.29, 0.717) is 31.3 Å². The summed E-state index contributed by atoms with van der Waals surface area (Å²) in [7, 11) is -2.79. The molecular weight excluding hydrogens is 266 g/mol. The number of sulfone groups is 1. The Morgan fingerprint density at radius 1 is 1.37 bits per heavy atom. The Labute approximate surface area is 113 Å². The van der Waals surface area contributed by atoms with Gasteiger partial charge in [-0.25, -0.2) is 13.4 Å². The quantitative estimate of drug-likeness (QED) is 0.776. The number of hydrogen-bond acceptors (Lipinski definition) is 6. The van der Waals surface area contributed by atoms with Gasteiger partial charge < -0.3 is 15.4 Å². The minimum atomic E-state index is -2.79. The van der Waals surface area contributed by atoms with Gasteiger partial charge in [0.2, 0.25) is 5.88 Å². The van der Waals surface area contributed by atoms with Gasteiger partial charge in [0.25, 0.3) is 0 Å². The van der Waals surface area contributed by atoms with E-state index >= 15 is 0 Å². The summed E-state index contributed by atoms with van der Waals surface area (Å²) in [4.78, 5) is 6.19. The highest BCUT2D eigenvalue weighted by Gasteiger charge is 2.20. The second-order valence-electron chi connectivity index (χ2n) is 4.59. The van der Waals surface area contributed by atoms with Crippen LogP contribution < -0.4 is 10.5 Å². The summed E-state index contributed by atoms with van der Waals surface area (Å²) in [6.07, 6.45) is 2.47. The minimum Gasteiger partial charge on any atom is -0.476 e. The third kappa shape index (κ3) is 4.36. The van der Waals surface area contributed by atoms with E-state index in [2.05, 4.69) is 9.88 Å². The monoisotopic (exact) mass is 285 g/mol. The lowest BCUT2D eigenvalue weighted by Gasteiger charge is -2.26. The van der Waals surface area contributed by atoms with Crippen LogP contribution in [0, 0.1) is 0 Å². The average Bonchev–Trinajstić information content (AvgIpc) is 2.38. The van der Waals surface area contributed by atoms with Gasteiger partial charge in [-0.05, 0) is 18.6 Å². The molecule has 0 atom stereocenters. The molecule has 1 fully saturated rings. The Kier molecular flexibility index (Phi) is 4.60. The largest absolute Gasteiger partial charge is 0.476 e. The molecule has 1 aliphatic rings. The van der Waals surface area contributed by atoms with E-state index in [4.69, 9.17) is 10.5 Å². The number of hydrogen-bond donors (Lipinski definition) is 1. The molecular formula is C12H19N3O3S. The van der Waals surface area contributed by atoms with Gasteiger partial charge in [-0.3, -0.25) is 0 Å². The molecule has 1 aromatic heterocycles. The lowest BCUT2D eigenvalue weighted by molar-refractivity contribution is 0.242. The number of pyridine rings is 1. The Hall–Kier alpha value is -1.34. The van der Waals surface area contributed by atoms with Crippen LogP contribution in [-0.2, 0) is 9.84 Å². The molecule has 1 aliphatic heterocycles. The van der Waals surface area contributed by atoms with Crippen LogP contribution in [0.15, 0.2) is 18.3 Å². The van der Waals surface area contributed by atoms with Gasteiger partial charge in [-0.2, -0.15) is 0 Å². The van der Waals surface area contributed by atoms with E-state index in [9.17, 15) is 8.42 Å². The summed E-state index contributed by atoms with van der Waals surface area (Å²) in [5.74, 6) is 0.992. The van der Waals surface area contributed by atoms with Crippen molar-refractivity contribution in [1.82, 2.24) is 9.88 Å². The van der Waals surface area contributed by atoms with Crippen LogP contribution >= 0.6 is 0 Å². The van der Waals surface area contributed by atoms with Crippen molar-refractivity contribution in [2.75, 3.05) is 43.5 Å². The van der Waals surface area contributed by atoms with Crippen LogP contribution in [-0.4, -0.2) is 56.0 Å². The Morgan fingerprint density at radius 3 is 2.79 bits per heavy atom. The van der Waals surface area contributed by atoms with Gasteiger partial charge in [0.1, 0.15) is 0 Å². The second-order valence-corrected chi connectivity index (χ2v) is 6.90. The third-order valence-electron chi connectivity index (χ3n) is 3.10. The molecule has 0 saturated carbocycles. The highest BCUT2D eigenvalue weighted by atomic mass is 32.2. The topological polar surface area (TPSA) is 85.5 Å². The molecule has 7 heteroatoms. The van der Waals surface area contributed by atoms with Crippen molar-refractivity contribution in [3.8, 4) is 5.88 Å². The van der Waals surface area contributed by atoms with Crippen LogP contribution in [0.2, 0.25) is 0 Å². The first kappa shape index (κ1) is 14.1. The van der Waals surface area contributed by atoms with Crippen LogP contribution in [0.1, 0.15) is 6.42 Å². The molecule has 2 N–H and O–H groups in total. The number of nitrogen functional groups attached to an aromatic ring is 1. The van der Waals surface area contributed by atoms with E-state index in [-0.39, 0.29) is 11.5 Å². The third-order valence-corrected chi connectivity index (χ3v) is 4.70. The Morgan fingerprint density at radius 2 is 2.11 bits per heavy atom. The molecule has 0 spiro atoms. The van der Waals surface area contributed by atoms with E-state index < -0.39 is 9.84 Å². The van der Waals surface area contributed by atoms with Crippen molar-refractivity contribution in [2.45, 2.75) is 6.42 Å². The number of ether oxygens (including phenoxy) is 1. The van der Waals surface area contributed by atoms with Crippen molar-refractivity contribution >= 4 is 15.5 Å². The van der Waals surface area contributed by atoms with E-state index in [1.807, 2.05) is 0 Å². The molecule has 106 valence electrons. The predicted octanol–water partition coefficient (Wildman–Crippen LogP) is 0.163. The molecule has 2 heterocycles. The van der Waals surface area contributed by atoms with E-state index in [1.165, 1.54) is 0 Å². The molecule has 1 aromatic rings. The van der Waals surface area contributed by atoms with Crippen molar-refractivity contribution < 1.29 is 13.2 Å². The molecule has 0 bridgehead atoms. The molecule has 0 aromatic carbocycles. The molecule has 0 amide bonds. The maximum absolute atomic E-state index is 11.3. The minimum absolute atomic E-state index is 0.265. The molecule has 0 radical (unpaired) electrons. The molecule has 1 saturated heterocycles. The van der Waals surface area contributed by atoms with Crippen LogP contribution in [0.3, 0.4) is 0 Å². The van der Waals surface area contributed by atoms with Crippen LogP contribution in [0.4, 0.5) is 5.69 Å². The van der Waals surface area contributed by atoms with Crippen molar-refractivity contribution in [3.63, 3.8) is 0 Å². The summed E-state index contributed by atoms with van der Waals surface area (Å²) in [6.45, 7) is 2.61. The highest BCUT2D eigenvalue weighted by Crippen LogP contribution is 2.16. The van der Waals surface area contributed by atoms with Crippen molar-refractivity contribution in [2.24, 2.45) is 0 Å². The van der Waals surface area contributed by atoms with Gasteiger partial charge in [0.15, 0.2) is 9.84 Å². The van der Waals surface area contributed by atoms with Crippen LogP contribution in [0.25, 0.3) is 0 Å². The Balaban J connectivity index is 1.67. The number of aromatic nitrogens is 1. The summed E-state index contributed by atoms with van der Waals surface area (Å²) in [5.41, 5.74) is 6.24. The maximum atomic E-state index is 11.3. The van der Waals surface area contributed by atoms with E-state index in [1.54, 1.807) is 18.3 Å². The van der Waals surface area contributed by atoms with Gasteiger partial charge in [0.05, 0.1) is 23.8 Å². The zero-order valence-corrected chi connectivity index (χ0v) is 11.6. The van der Waals surface area contributed by atoms with Gasteiger partial charge >= 0.3 is 0 Å². The maximum Gasteiger partial charge on any atom is 0.237 e. The van der Waals surface area contributed by atoms with Gasteiger partial charge in [-0.1, -0.05) is 0 Å². The highest BCUT2D eigenvalue weighted by molar-refractivity contribution is 7.91. The number of nitrogens with two attached hydrogens (primary N) is 1. The summed E-state index contributed by atoms with van der Waals surface area (Å²) < 4.78 is 28.0. The fraction of sp³-hybridized carbons (Fsp3) is 0.583. The first-order valence-corrected chi connectivity index (χ1v) is 8.15. The van der Waals surface area contributed by atoms with Crippen molar-refractivity contribution in [3.05, 3.63) is 18.3 Å². The summed E-state index contributed by atoms with van der Waals surface area (Å²) in [5, 5.41) is 0.